The molecule has 2 aromatic heterocycles. The van der Waals surface area contributed by atoms with Crippen LogP contribution in [0.15, 0.2) is 30.6 Å². The first-order valence-corrected chi connectivity index (χ1v) is 8.41. The van der Waals surface area contributed by atoms with E-state index in [0.717, 1.165) is 17.0 Å². The van der Waals surface area contributed by atoms with Gasteiger partial charge in [-0.15, -0.1) is 0 Å². The first-order valence-electron chi connectivity index (χ1n) is 8.03. The maximum atomic E-state index is 12.6. The second-order valence-electron chi connectivity index (χ2n) is 6.49. The molecule has 0 unspecified atom stereocenters. The lowest BCUT2D eigenvalue weighted by atomic mass is 9.97. The van der Waals surface area contributed by atoms with Crippen molar-refractivity contribution < 1.29 is 4.79 Å². The van der Waals surface area contributed by atoms with Crippen LogP contribution in [0.1, 0.15) is 36.8 Å². The van der Waals surface area contributed by atoms with Crippen molar-refractivity contribution in [1.82, 2.24) is 19.8 Å². The summed E-state index contributed by atoms with van der Waals surface area (Å²) in [6, 6.07) is 5.53. The molecule has 0 saturated heterocycles. The highest BCUT2D eigenvalue weighted by Gasteiger charge is 2.23. The summed E-state index contributed by atoms with van der Waals surface area (Å²) in [6.45, 7) is 6.66. The molecule has 0 radical (unpaired) electrons. The average Bonchev–Trinajstić information content (AvgIpc) is 2.82. The minimum atomic E-state index is -0.129. The lowest BCUT2D eigenvalue weighted by Crippen LogP contribution is -2.41. The third-order valence-corrected chi connectivity index (χ3v) is 4.32. The number of amides is 2. The van der Waals surface area contributed by atoms with E-state index in [2.05, 4.69) is 24.1 Å². The van der Waals surface area contributed by atoms with E-state index >= 15 is 0 Å². The second kappa shape index (κ2) is 7.71. The molecule has 130 valence electrons. The van der Waals surface area contributed by atoms with E-state index < -0.39 is 0 Å². The van der Waals surface area contributed by atoms with Crippen LogP contribution in [0, 0.1) is 12.8 Å². The summed E-state index contributed by atoms with van der Waals surface area (Å²) in [5, 5.41) is 3.77. The lowest BCUT2D eigenvalue weighted by Gasteiger charge is -2.26. The topological polar surface area (TPSA) is 50.2 Å². The van der Waals surface area contributed by atoms with E-state index in [1.807, 2.05) is 42.9 Å². The van der Waals surface area contributed by atoms with Gasteiger partial charge >= 0.3 is 6.03 Å². The van der Waals surface area contributed by atoms with Gasteiger partial charge in [0, 0.05) is 32.2 Å². The molecule has 1 N–H and O–H groups in total. The van der Waals surface area contributed by atoms with Crippen molar-refractivity contribution in [2.45, 2.75) is 33.4 Å². The molecule has 2 heterocycles. The summed E-state index contributed by atoms with van der Waals surface area (Å²) in [5.41, 5.74) is 2.97. The number of carbonyl (C=O) groups excluding carboxylic acids is 1. The Hall–Kier alpha value is -2.01. The minimum absolute atomic E-state index is 0.127. The van der Waals surface area contributed by atoms with Gasteiger partial charge in [0.15, 0.2) is 0 Å². The first-order chi connectivity index (χ1) is 11.3. The van der Waals surface area contributed by atoms with Gasteiger partial charge in [-0.25, -0.2) is 4.79 Å². The third kappa shape index (κ3) is 4.29. The third-order valence-electron chi connectivity index (χ3n) is 4.11. The van der Waals surface area contributed by atoms with Crippen LogP contribution in [0.5, 0.6) is 0 Å². The van der Waals surface area contributed by atoms with Crippen LogP contribution in [0.3, 0.4) is 0 Å². The van der Waals surface area contributed by atoms with E-state index in [1.54, 1.807) is 18.1 Å². The van der Waals surface area contributed by atoms with Gasteiger partial charge in [0.1, 0.15) is 0 Å². The van der Waals surface area contributed by atoms with Crippen LogP contribution in [-0.4, -0.2) is 27.5 Å². The number of aromatic nitrogens is 2. The zero-order chi connectivity index (χ0) is 17.9. The highest BCUT2D eigenvalue weighted by atomic mass is 35.5. The van der Waals surface area contributed by atoms with Gasteiger partial charge in [-0.3, -0.25) is 4.98 Å². The zero-order valence-corrected chi connectivity index (χ0v) is 15.6. The number of carbonyl (C=O) groups is 1. The standard InChI is InChI=1S/C18H25ClN4O/c1-12(2)16(17-13(3)7-6-8-20-17)21-18(24)23(5)11-15-9-14(19)10-22(15)4/h6-10,12,16H,11H2,1-5H3,(H,21,24)/t16-/m1/s1. The number of rotatable bonds is 5. The maximum Gasteiger partial charge on any atom is 0.318 e. The number of pyridine rings is 1. The predicted molar refractivity (Wildman–Crippen MR) is 97.0 cm³/mol. The van der Waals surface area contributed by atoms with E-state index in [0.29, 0.717) is 11.6 Å². The van der Waals surface area contributed by atoms with Crippen molar-refractivity contribution in [3.05, 3.63) is 52.6 Å². The normalized spacial score (nSPS) is 12.3. The highest BCUT2D eigenvalue weighted by molar-refractivity contribution is 6.30. The van der Waals surface area contributed by atoms with Gasteiger partial charge in [0.2, 0.25) is 0 Å². The average molecular weight is 349 g/mol. The van der Waals surface area contributed by atoms with E-state index in [4.69, 9.17) is 11.6 Å². The Kier molecular flexibility index (Phi) is 5.89. The summed E-state index contributed by atoms with van der Waals surface area (Å²) >= 11 is 6.00. The molecular formula is C18H25ClN4O. The maximum absolute atomic E-state index is 12.6. The molecule has 2 amide bonds. The number of hydrogen-bond acceptors (Lipinski definition) is 2. The number of nitrogens with one attached hydrogen (secondary N) is 1. The molecule has 5 nitrogen and oxygen atoms in total. The van der Waals surface area contributed by atoms with Crippen LogP contribution in [0.2, 0.25) is 5.02 Å². The Balaban J connectivity index is 2.10. The smallest absolute Gasteiger partial charge is 0.318 e. The lowest BCUT2D eigenvalue weighted by molar-refractivity contribution is 0.197. The molecular weight excluding hydrogens is 324 g/mol. The monoisotopic (exact) mass is 348 g/mol. The number of nitrogens with zero attached hydrogens (tertiary/aromatic N) is 3. The Bertz CT molecular complexity index is 711. The molecule has 0 saturated carbocycles. The van der Waals surface area contributed by atoms with Crippen molar-refractivity contribution in [1.29, 1.82) is 0 Å². The molecule has 2 aromatic rings. The number of halogens is 1. The molecule has 24 heavy (non-hydrogen) atoms. The Morgan fingerprint density at radius 3 is 2.71 bits per heavy atom. The summed E-state index contributed by atoms with van der Waals surface area (Å²) < 4.78 is 1.93. The largest absolute Gasteiger partial charge is 0.351 e. The molecule has 0 aliphatic rings. The van der Waals surface area contributed by atoms with Crippen molar-refractivity contribution in [2.24, 2.45) is 13.0 Å². The first kappa shape index (κ1) is 18.3. The fourth-order valence-corrected chi connectivity index (χ4v) is 2.93. The summed E-state index contributed by atoms with van der Waals surface area (Å²) in [5.74, 6) is 0.237. The molecule has 0 aliphatic heterocycles. The van der Waals surface area contributed by atoms with Gasteiger partial charge < -0.3 is 14.8 Å². The summed E-state index contributed by atoms with van der Waals surface area (Å²) in [7, 11) is 3.69. The summed E-state index contributed by atoms with van der Waals surface area (Å²) in [4.78, 5) is 18.7. The van der Waals surface area contributed by atoms with Crippen LogP contribution in [0.25, 0.3) is 0 Å². The molecule has 1 atom stereocenters. The van der Waals surface area contributed by atoms with Crippen molar-refractivity contribution >= 4 is 17.6 Å². The number of hydrogen-bond donors (Lipinski definition) is 1. The summed E-state index contributed by atoms with van der Waals surface area (Å²) in [6.07, 6.45) is 3.59. The van der Waals surface area contributed by atoms with Crippen LogP contribution in [0.4, 0.5) is 4.79 Å². The number of urea groups is 1. The quantitative estimate of drug-likeness (QED) is 0.890. The second-order valence-corrected chi connectivity index (χ2v) is 6.93. The molecule has 0 aliphatic carbocycles. The molecule has 6 heteroatoms. The van der Waals surface area contributed by atoms with Gasteiger partial charge in [0.05, 0.1) is 23.3 Å². The van der Waals surface area contributed by atoms with Crippen LogP contribution in [-0.2, 0) is 13.6 Å². The molecule has 2 rings (SSSR count). The fourth-order valence-electron chi connectivity index (χ4n) is 2.66. The van der Waals surface area contributed by atoms with Crippen molar-refractivity contribution in [3.8, 4) is 0 Å². The van der Waals surface area contributed by atoms with E-state index in [-0.39, 0.29) is 18.0 Å². The highest BCUT2D eigenvalue weighted by Crippen LogP contribution is 2.23. The predicted octanol–water partition coefficient (Wildman–Crippen LogP) is 3.92. The zero-order valence-electron chi connectivity index (χ0n) is 14.9. The molecule has 0 fully saturated rings. The Morgan fingerprint density at radius 2 is 2.17 bits per heavy atom. The SMILES string of the molecule is Cc1cccnc1[C@H](NC(=O)N(C)Cc1cc(Cl)cn1C)C(C)C. The number of aryl methyl sites for hydroxylation is 2. The van der Waals surface area contributed by atoms with E-state index in [9.17, 15) is 4.79 Å². The van der Waals surface area contributed by atoms with Crippen LogP contribution < -0.4 is 5.32 Å². The van der Waals surface area contributed by atoms with Crippen molar-refractivity contribution in [3.63, 3.8) is 0 Å². The fraction of sp³-hybridized carbons (Fsp3) is 0.444. The Labute approximate surface area is 148 Å². The molecule has 0 aromatic carbocycles. The molecule has 0 spiro atoms. The van der Waals surface area contributed by atoms with Gasteiger partial charge in [-0.2, -0.15) is 0 Å². The van der Waals surface area contributed by atoms with E-state index in [1.165, 1.54) is 0 Å². The van der Waals surface area contributed by atoms with Gasteiger partial charge in [-0.05, 0) is 30.5 Å². The van der Waals surface area contributed by atoms with Gasteiger partial charge in [0.25, 0.3) is 0 Å². The molecule has 0 bridgehead atoms. The van der Waals surface area contributed by atoms with Crippen LogP contribution >= 0.6 is 11.6 Å². The minimum Gasteiger partial charge on any atom is -0.351 e. The van der Waals surface area contributed by atoms with Crippen molar-refractivity contribution in [2.75, 3.05) is 7.05 Å². The van der Waals surface area contributed by atoms with Gasteiger partial charge in [-0.1, -0.05) is 31.5 Å². The Morgan fingerprint density at radius 1 is 1.46 bits per heavy atom.